The summed E-state index contributed by atoms with van der Waals surface area (Å²) >= 11 is 1.89. The molecular formula is C11H12S. The molecule has 0 radical (unpaired) electrons. The molecule has 1 aliphatic rings. The van der Waals surface area contributed by atoms with Crippen LogP contribution in [0, 0.1) is 6.92 Å². The zero-order valence-electron chi connectivity index (χ0n) is 7.21. The lowest BCUT2D eigenvalue weighted by molar-refractivity contribution is 1.06. The summed E-state index contributed by atoms with van der Waals surface area (Å²) < 4.78 is 0. The zero-order valence-corrected chi connectivity index (χ0v) is 8.03. The van der Waals surface area contributed by atoms with Crippen LogP contribution in [-0.2, 0) is 0 Å². The van der Waals surface area contributed by atoms with Gasteiger partial charge in [0.05, 0.1) is 0 Å². The minimum Gasteiger partial charge on any atom is -0.141 e. The van der Waals surface area contributed by atoms with E-state index in [1.165, 1.54) is 28.2 Å². The Morgan fingerprint density at radius 3 is 2.83 bits per heavy atom. The van der Waals surface area contributed by atoms with Crippen molar-refractivity contribution in [3.8, 4) is 0 Å². The lowest BCUT2D eigenvalue weighted by Crippen LogP contribution is -1.82. The highest BCUT2D eigenvalue weighted by Crippen LogP contribution is 2.28. The molecule has 0 amide bonds. The summed E-state index contributed by atoms with van der Waals surface area (Å²) in [5.74, 6) is 0. The van der Waals surface area contributed by atoms with E-state index in [0.29, 0.717) is 0 Å². The summed E-state index contributed by atoms with van der Waals surface area (Å²) in [5, 5.41) is 0. The molecule has 1 aliphatic carbocycles. The number of hydrogen-bond donors (Lipinski definition) is 0. The van der Waals surface area contributed by atoms with Gasteiger partial charge < -0.3 is 0 Å². The van der Waals surface area contributed by atoms with Crippen LogP contribution in [0.2, 0.25) is 0 Å². The highest BCUT2D eigenvalue weighted by molar-refractivity contribution is 7.13. The van der Waals surface area contributed by atoms with Crippen LogP contribution in [0.1, 0.15) is 22.6 Å². The fourth-order valence-electron chi connectivity index (χ4n) is 1.42. The van der Waals surface area contributed by atoms with Crippen molar-refractivity contribution >= 4 is 16.9 Å². The van der Waals surface area contributed by atoms with Crippen molar-refractivity contribution in [2.45, 2.75) is 19.8 Å². The van der Waals surface area contributed by atoms with Gasteiger partial charge in [0.2, 0.25) is 0 Å². The van der Waals surface area contributed by atoms with Gasteiger partial charge in [-0.15, -0.1) is 11.3 Å². The largest absolute Gasteiger partial charge is 0.141 e. The van der Waals surface area contributed by atoms with Gasteiger partial charge in [0.25, 0.3) is 0 Å². The van der Waals surface area contributed by atoms with Crippen LogP contribution < -0.4 is 0 Å². The van der Waals surface area contributed by atoms with Gasteiger partial charge in [0, 0.05) is 9.75 Å². The summed E-state index contributed by atoms with van der Waals surface area (Å²) in [7, 11) is 0. The van der Waals surface area contributed by atoms with Crippen molar-refractivity contribution in [2.24, 2.45) is 0 Å². The topological polar surface area (TPSA) is 0 Å². The van der Waals surface area contributed by atoms with E-state index in [4.69, 9.17) is 0 Å². The molecule has 1 aromatic rings. The molecule has 0 fully saturated rings. The van der Waals surface area contributed by atoms with Crippen molar-refractivity contribution < 1.29 is 0 Å². The smallest absolute Gasteiger partial charge is 0.0305 e. The monoisotopic (exact) mass is 176 g/mol. The summed E-state index contributed by atoms with van der Waals surface area (Å²) in [6, 6.07) is 4.42. The maximum absolute atomic E-state index is 2.23. The van der Waals surface area contributed by atoms with Gasteiger partial charge >= 0.3 is 0 Å². The highest BCUT2D eigenvalue weighted by atomic mass is 32.1. The molecule has 0 aromatic carbocycles. The van der Waals surface area contributed by atoms with Crippen molar-refractivity contribution in [1.29, 1.82) is 0 Å². The fraction of sp³-hybridized carbons (Fsp3) is 0.273. The predicted molar refractivity (Wildman–Crippen MR) is 55.4 cm³/mol. The Hall–Kier alpha value is -0.820. The van der Waals surface area contributed by atoms with Gasteiger partial charge in [-0.1, -0.05) is 18.2 Å². The van der Waals surface area contributed by atoms with Gasteiger partial charge in [0.1, 0.15) is 0 Å². The molecule has 0 unspecified atom stereocenters. The molecule has 12 heavy (non-hydrogen) atoms. The maximum atomic E-state index is 2.23. The van der Waals surface area contributed by atoms with Crippen LogP contribution in [0.25, 0.3) is 5.57 Å². The van der Waals surface area contributed by atoms with Gasteiger partial charge in [-0.3, -0.25) is 0 Å². The van der Waals surface area contributed by atoms with E-state index < -0.39 is 0 Å². The molecule has 0 atom stereocenters. The molecular weight excluding hydrogens is 164 g/mol. The van der Waals surface area contributed by atoms with E-state index in [0.717, 1.165) is 0 Å². The van der Waals surface area contributed by atoms with Crippen molar-refractivity contribution in [2.75, 3.05) is 0 Å². The minimum absolute atomic E-state index is 1.20. The first-order chi connectivity index (χ1) is 5.86. The van der Waals surface area contributed by atoms with Crippen LogP contribution in [-0.4, -0.2) is 0 Å². The first kappa shape index (κ1) is 7.81. The molecule has 0 saturated carbocycles. The summed E-state index contributed by atoms with van der Waals surface area (Å²) in [4.78, 5) is 2.84. The number of thiophene rings is 1. The van der Waals surface area contributed by atoms with Crippen molar-refractivity contribution in [1.82, 2.24) is 0 Å². The second kappa shape index (κ2) is 3.28. The van der Waals surface area contributed by atoms with Crippen molar-refractivity contribution in [3.05, 3.63) is 40.1 Å². The molecule has 0 saturated heterocycles. The Morgan fingerprint density at radius 2 is 2.25 bits per heavy atom. The summed E-state index contributed by atoms with van der Waals surface area (Å²) in [5.41, 5.74) is 1.50. The van der Waals surface area contributed by atoms with Crippen LogP contribution in [0.3, 0.4) is 0 Å². The quantitative estimate of drug-likeness (QED) is 0.610. The third-order valence-corrected chi connectivity index (χ3v) is 3.15. The molecule has 1 aromatic heterocycles. The van der Waals surface area contributed by atoms with E-state index in [1.807, 2.05) is 11.3 Å². The molecule has 0 spiro atoms. The van der Waals surface area contributed by atoms with E-state index >= 15 is 0 Å². The van der Waals surface area contributed by atoms with E-state index in [2.05, 4.69) is 37.3 Å². The summed E-state index contributed by atoms with van der Waals surface area (Å²) in [6.45, 7) is 2.16. The Balaban J connectivity index is 2.30. The van der Waals surface area contributed by atoms with E-state index in [9.17, 15) is 0 Å². The third kappa shape index (κ3) is 1.51. The number of allylic oxidation sites excluding steroid dienone is 4. The number of hydrogen-bond acceptors (Lipinski definition) is 1. The second-order valence-corrected chi connectivity index (χ2v) is 4.36. The van der Waals surface area contributed by atoms with Gasteiger partial charge in [-0.25, -0.2) is 0 Å². The first-order valence-corrected chi connectivity index (χ1v) is 5.10. The second-order valence-electron chi connectivity index (χ2n) is 3.07. The minimum atomic E-state index is 1.20. The molecule has 62 valence electrons. The first-order valence-electron chi connectivity index (χ1n) is 4.29. The Kier molecular flexibility index (Phi) is 2.13. The molecule has 1 heteroatoms. The third-order valence-electron chi connectivity index (χ3n) is 2.07. The van der Waals surface area contributed by atoms with Crippen LogP contribution >= 0.6 is 11.3 Å². The lowest BCUT2D eigenvalue weighted by atomic mass is 10.0. The van der Waals surface area contributed by atoms with E-state index in [-0.39, 0.29) is 0 Å². The Bertz CT molecular complexity index is 329. The molecule has 0 N–H and O–H groups in total. The van der Waals surface area contributed by atoms with Gasteiger partial charge in [0.15, 0.2) is 0 Å². The number of aryl methyl sites for hydroxylation is 1. The molecule has 1 heterocycles. The zero-order chi connectivity index (χ0) is 8.39. The molecule has 0 aliphatic heterocycles. The maximum Gasteiger partial charge on any atom is 0.0305 e. The van der Waals surface area contributed by atoms with Crippen molar-refractivity contribution in [3.63, 3.8) is 0 Å². The predicted octanol–water partition coefficient (Wildman–Crippen LogP) is 3.79. The summed E-state index contributed by atoms with van der Waals surface area (Å²) in [6.07, 6.45) is 9.02. The molecule has 0 nitrogen and oxygen atoms in total. The number of rotatable bonds is 1. The molecule has 2 rings (SSSR count). The van der Waals surface area contributed by atoms with Crippen LogP contribution in [0.15, 0.2) is 30.4 Å². The van der Waals surface area contributed by atoms with Gasteiger partial charge in [-0.05, 0) is 37.5 Å². The van der Waals surface area contributed by atoms with Gasteiger partial charge in [-0.2, -0.15) is 0 Å². The van der Waals surface area contributed by atoms with Crippen LogP contribution in [0.4, 0.5) is 0 Å². The average molecular weight is 176 g/mol. The van der Waals surface area contributed by atoms with Crippen LogP contribution in [0.5, 0.6) is 0 Å². The highest BCUT2D eigenvalue weighted by Gasteiger charge is 2.04. The Labute approximate surface area is 77.2 Å². The SMILES string of the molecule is Cc1ccc(C2=CC=CCC2)s1. The molecule has 0 bridgehead atoms. The van der Waals surface area contributed by atoms with E-state index in [1.54, 1.807) is 0 Å². The fourth-order valence-corrected chi connectivity index (χ4v) is 2.34. The Morgan fingerprint density at radius 1 is 1.33 bits per heavy atom. The average Bonchev–Trinajstić information content (AvgIpc) is 2.54. The lowest BCUT2D eigenvalue weighted by Gasteiger charge is -2.05. The normalized spacial score (nSPS) is 16.2. The standard InChI is InChI=1S/C11H12S/c1-9-7-8-11(12-9)10-5-3-2-4-6-10/h2-3,5,7-8H,4,6H2,1H3.